The van der Waals surface area contributed by atoms with Crippen molar-refractivity contribution in [1.82, 2.24) is 10.3 Å². The zero-order chi connectivity index (χ0) is 18.4. The van der Waals surface area contributed by atoms with Gasteiger partial charge in [-0.3, -0.25) is 4.79 Å². The number of ether oxygens (including phenoxy) is 2. The molecule has 5 nitrogen and oxygen atoms in total. The van der Waals surface area contributed by atoms with E-state index in [-0.39, 0.29) is 5.91 Å². The smallest absolute Gasteiger partial charge is 0.251 e. The number of carbonyl (C=O) groups is 1. The third-order valence-electron chi connectivity index (χ3n) is 3.87. The van der Waals surface area contributed by atoms with Crippen molar-refractivity contribution in [3.8, 4) is 11.5 Å². The van der Waals surface area contributed by atoms with Gasteiger partial charge in [-0.05, 0) is 23.8 Å². The van der Waals surface area contributed by atoms with Gasteiger partial charge in [-0.25, -0.2) is 4.98 Å². The van der Waals surface area contributed by atoms with Crippen LogP contribution in [0.1, 0.15) is 26.6 Å². The topological polar surface area (TPSA) is 60.5 Å². The number of rotatable bonds is 7. The largest absolute Gasteiger partial charge is 0.493 e. The highest BCUT2D eigenvalue weighted by Gasteiger charge is 2.11. The van der Waals surface area contributed by atoms with Gasteiger partial charge < -0.3 is 14.8 Å². The quantitative estimate of drug-likeness (QED) is 0.691. The zero-order valence-corrected chi connectivity index (χ0v) is 15.5. The predicted octanol–water partition coefficient (Wildman–Crippen LogP) is 3.68. The maximum absolute atomic E-state index is 12.4. The number of nitrogens with one attached hydrogen (secondary N) is 1. The molecule has 0 aliphatic heterocycles. The normalized spacial score (nSPS) is 10.4. The van der Waals surface area contributed by atoms with Crippen LogP contribution < -0.4 is 14.8 Å². The minimum atomic E-state index is -0.177. The van der Waals surface area contributed by atoms with Crippen LogP contribution in [0.15, 0.2) is 53.9 Å². The second kappa shape index (κ2) is 8.49. The molecule has 3 aromatic rings. The highest BCUT2D eigenvalue weighted by atomic mass is 32.1. The summed E-state index contributed by atoms with van der Waals surface area (Å²) < 4.78 is 10.4. The molecule has 0 unspecified atom stereocenters. The van der Waals surface area contributed by atoms with Gasteiger partial charge in [0.25, 0.3) is 5.91 Å². The monoisotopic (exact) mass is 368 g/mol. The third-order valence-corrected chi connectivity index (χ3v) is 4.77. The lowest BCUT2D eigenvalue weighted by molar-refractivity contribution is 0.0950. The number of methoxy groups -OCH3 is 2. The summed E-state index contributed by atoms with van der Waals surface area (Å²) in [7, 11) is 3.11. The molecule has 1 aromatic heterocycles. The van der Waals surface area contributed by atoms with Crippen LogP contribution in [-0.2, 0) is 13.0 Å². The van der Waals surface area contributed by atoms with E-state index in [1.807, 2.05) is 23.6 Å². The second-order valence-corrected chi connectivity index (χ2v) is 6.59. The summed E-state index contributed by atoms with van der Waals surface area (Å²) >= 11 is 1.60. The molecule has 134 valence electrons. The van der Waals surface area contributed by atoms with E-state index in [1.165, 1.54) is 5.56 Å². The number of amides is 1. The van der Waals surface area contributed by atoms with E-state index in [0.717, 1.165) is 17.1 Å². The molecule has 1 heterocycles. The van der Waals surface area contributed by atoms with Gasteiger partial charge in [0.1, 0.15) is 0 Å². The molecule has 1 N–H and O–H groups in total. The maximum Gasteiger partial charge on any atom is 0.251 e. The number of nitrogens with zero attached hydrogens (tertiary/aromatic N) is 1. The molecular weight excluding hydrogens is 348 g/mol. The summed E-state index contributed by atoms with van der Waals surface area (Å²) in [6, 6.07) is 15.3. The number of benzene rings is 2. The van der Waals surface area contributed by atoms with E-state index < -0.39 is 0 Å². The maximum atomic E-state index is 12.4. The Hall–Kier alpha value is -2.86. The summed E-state index contributed by atoms with van der Waals surface area (Å²) in [4.78, 5) is 16.9. The summed E-state index contributed by atoms with van der Waals surface area (Å²) in [6.07, 6.45) is 0.801. The molecule has 3 rings (SSSR count). The standard InChI is InChI=1S/C20H20N2O3S/c1-24-17-9-8-15(11-18(17)25-2)20(23)21-12-16-13-26-19(22-16)10-14-6-4-3-5-7-14/h3-9,11,13H,10,12H2,1-2H3,(H,21,23). The van der Waals surface area contributed by atoms with E-state index in [0.29, 0.717) is 23.6 Å². The fourth-order valence-electron chi connectivity index (χ4n) is 2.53. The molecule has 0 aliphatic carbocycles. The van der Waals surface area contributed by atoms with Crippen molar-refractivity contribution in [2.24, 2.45) is 0 Å². The molecule has 6 heteroatoms. The Bertz CT molecular complexity index is 878. The first-order valence-corrected chi connectivity index (χ1v) is 9.05. The predicted molar refractivity (Wildman–Crippen MR) is 102 cm³/mol. The first-order chi connectivity index (χ1) is 12.7. The Kier molecular flexibility index (Phi) is 5.86. The molecule has 0 aliphatic rings. The average molecular weight is 368 g/mol. The van der Waals surface area contributed by atoms with Crippen molar-refractivity contribution in [2.75, 3.05) is 14.2 Å². The van der Waals surface area contributed by atoms with Crippen molar-refractivity contribution in [1.29, 1.82) is 0 Å². The Morgan fingerprint density at radius 3 is 2.58 bits per heavy atom. The van der Waals surface area contributed by atoms with Crippen LogP contribution in [0.5, 0.6) is 11.5 Å². The molecule has 26 heavy (non-hydrogen) atoms. The van der Waals surface area contributed by atoms with Crippen LogP contribution in [0, 0.1) is 0 Å². The molecule has 1 amide bonds. The third kappa shape index (κ3) is 4.40. The van der Waals surface area contributed by atoms with Gasteiger partial charge in [-0.1, -0.05) is 30.3 Å². The number of carbonyl (C=O) groups excluding carboxylic acids is 1. The van der Waals surface area contributed by atoms with Gasteiger partial charge in [-0.2, -0.15) is 0 Å². The van der Waals surface area contributed by atoms with Gasteiger partial charge >= 0.3 is 0 Å². The van der Waals surface area contributed by atoms with Crippen molar-refractivity contribution in [3.63, 3.8) is 0 Å². The van der Waals surface area contributed by atoms with Crippen molar-refractivity contribution < 1.29 is 14.3 Å². The summed E-state index contributed by atoms with van der Waals surface area (Å²) in [5.41, 5.74) is 2.60. The average Bonchev–Trinajstić information content (AvgIpc) is 3.13. The van der Waals surface area contributed by atoms with Crippen LogP contribution in [0.2, 0.25) is 0 Å². The van der Waals surface area contributed by atoms with E-state index in [9.17, 15) is 4.79 Å². The summed E-state index contributed by atoms with van der Waals surface area (Å²) in [6.45, 7) is 0.387. The number of hydrogen-bond acceptors (Lipinski definition) is 5. The molecule has 0 saturated heterocycles. The lowest BCUT2D eigenvalue weighted by atomic mass is 10.2. The number of thiazole rings is 1. The Balaban J connectivity index is 1.60. The van der Waals surface area contributed by atoms with Gasteiger partial charge in [0.2, 0.25) is 0 Å². The molecule has 0 fully saturated rings. The lowest BCUT2D eigenvalue weighted by Gasteiger charge is -2.09. The first-order valence-electron chi connectivity index (χ1n) is 8.17. The highest BCUT2D eigenvalue weighted by molar-refractivity contribution is 7.09. The van der Waals surface area contributed by atoms with Crippen LogP contribution in [-0.4, -0.2) is 25.1 Å². The highest BCUT2D eigenvalue weighted by Crippen LogP contribution is 2.27. The van der Waals surface area contributed by atoms with Crippen molar-refractivity contribution in [3.05, 3.63) is 75.7 Å². The molecule has 0 saturated carbocycles. The number of aromatic nitrogens is 1. The van der Waals surface area contributed by atoms with Crippen LogP contribution in [0.4, 0.5) is 0 Å². The lowest BCUT2D eigenvalue weighted by Crippen LogP contribution is -2.23. The fraction of sp³-hybridized carbons (Fsp3) is 0.200. The minimum Gasteiger partial charge on any atom is -0.493 e. The van der Waals surface area contributed by atoms with Crippen molar-refractivity contribution in [2.45, 2.75) is 13.0 Å². The molecule has 0 atom stereocenters. The van der Waals surface area contributed by atoms with E-state index in [1.54, 1.807) is 43.8 Å². The van der Waals surface area contributed by atoms with Gasteiger partial charge in [0.05, 0.1) is 31.5 Å². The Labute approximate surface area is 156 Å². The minimum absolute atomic E-state index is 0.177. The summed E-state index contributed by atoms with van der Waals surface area (Å²) in [5.74, 6) is 0.941. The van der Waals surface area contributed by atoms with E-state index in [4.69, 9.17) is 9.47 Å². The zero-order valence-electron chi connectivity index (χ0n) is 14.7. The SMILES string of the molecule is COc1ccc(C(=O)NCc2csc(Cc3ccccc3)n2)cc1OC. The molecule has 0 bridgehead atoms. The molecule has 2 aromatic carbocycles. The number of hydrogen-bond donors (Lipinski definition) is 1. The van der Waals surface area contributed by atoms with Crippen LogP contribution in [0.25, 0.3) is 0 Å². The first kappa shape index (κ1) is 17.9. The van der Waals surface area contributed by atoms with E-state index in [2.05, 4.69) is 22.4 Å². The van der Waals surface area contributed by atoms with Crippen LogP contribution >= 0.6 is 11.3 Å². The Morgan fingerprint density at radius 1 is 1.08 bits per heavy atom. The van der Waals surface area contributed by atoms with E-state index >= 15 is 0 Å². The summed E-state index contributed by atoms with van der Waals surface area (Å²) in [5, 5.41) is 5.90. The fourth-order valence-corrected chi connectivity index (χ4v) is 3.36. The van der Waals surface area contributed by atoms with Gasteiger partial charge in [0.15, 0.2) is 11.5 Å². The van der Waals surface area contributed by atoms with Gasteiger partial charge in [-0.15, -0.1) is 11.3 Å². The van der Waals surface area contributed by atoms with Gasteiger partial charge in [0, 0.05) is 17.4 Å². The molecule has 0 spiro atoms. The Morgan fingerprint density at radius 2 is 1.85 bits per heavy atom. The van der Waals surface area contributed by atoms with Crippen molar-refractivity contribution >= 4 is 17.2 Å². The second-order valence-electron chi connectivity index (χ2n) is 5.65. The van der Waals surface area contributed by atoms with Crippen LogP contribution in [0.3, 0.4) is 0 Å². The molecular formula is C20H20N2O3S. The molecule has 0 radical (unpaired) electrons.